The number of benzene rings is 2. The average molecular weight is 533 g/mol. The fourth-order valence-corrected chi connectivity index (χ4v) is 5.34. The smallest absolute Gasteiger partial charge is 0.253 e. The number of likely N-dealkylation sites (tertiary alicyclic amines) is 2. The standard InChI is InChI=1S/C30H36N4O5/c1-4-39-27-8-6-5-7-23(27)10-12-28(37)33-16-13-30(14-17-33)15-18-34(20-30)29(38)24-9-11-25(31-21(2)35)26(19-24)32-22(3)36/h5-12,19H,4,13-18,20H2,1-3H3,(H,31,35)(H,32,36). The third-order valence-electron chi connectivity index (χ3n) is 7.37. The van der Waals surface area contributed by atoms with Gasteiger partial charge in [0.2, 0.25) is 17.7 Å². The Morgan fingerprint density at radius 2 is 1.54 bits per heavy atom. The highest BCUT2D eigenvalue weighted by atomic mass is 16.5. The Labute approximate surface area is 229 Å². The van der Waals surface area contributed by atoms with Crippen molar-refractivity contribution in [2.45, 2.75) is 40.0 Å². The van der Waals surface area contributed by atoms with Crippen molar-refractivity contribution >= 4 is 41.1 Å². The molecule has 2 aliphatic rings. The molecule has 0 aromatic heterocycles. The van der Waals surface area contributed by atoms with Crippen molar-refractivity contribution in [2.24, 2.45) is 5.41 Å². The summed E-state index contributed by atoms with van der Waals surface area (Å²) < 4.78 is 5.64. The summed E-state index contributed by atoms with van der Waals surface area (Å²) in [6.45, 7) is 7.83. The molecule has 4 amide bonds. The van der Waals surface area contributed by atoms with Crippen LogP contribution in [0.2, 0.25) is 0 Å². The molecule has 0 bridgehead atoms. The molecule has 0 unspecified atom stereocenters. The fraction of sp³-hybridized carbons (Fsp3) is 0.400. The number of para-hydroxylation sites is 1. The Morgan fingerprint density at radius 1 is 0.897 bits per heavy atom. The van der Waals surface area contributed by atoms with Gasteiger partial charge in [-0.1, -0.05) is 18.2 Å². The molecule has 2 aromatic carbocycles. The second-order valence-corrected chi connectivity index (χ2v) is 10.2. The second-order valence-electron chi connectivity index (χ2n) is 10.2. The molecule has 2 aromatic rings. The number of carbonyl (C=O) groups is 4. The predicted molar refractivity (Wildman–Crippen MR) is 150 cm³/mol. The van der Waals surface area contributed by atoms with Gasteiger partial charge in [0, 0.05) is 57.2 Å². The molecule has 2 aliphatic heterocycles. The molecule has 2 saturated heterocycles. The second kappa shape index (κ2) is 12.1. The van der Waals surface area contributed by atoms with E-state index in [4.69, 9.17) is 4.74 Å². The summed E-state index contributed by atoms with van der Waals surface area (Å²) in [7, 11) is 0. The van der Waals surface area contributed by atoms with E-state index in [0.29, 0.717) is 49.7 Å². The maximum absolute atomic E-state index is 13.4. The van der Waals surface area contributed by atoms with Crippen molar-refractivity contribution in [2.75, 3.05) is 43.4 Å². The number of nitrogens with one attached hydrogen (secondary N) is 2. The van der Waals surface area contributed by atoms with E-state index in [2.05, 4.69) is 10.6 Å². The molecule has 0 aliphatic carbocycles. The lowest BCUT2D eigenvalue weighted by Crippen LogP contribution is -2.44. The molecule has 2 fully saturated rings. The molecule has 1 spiro atoms. The molecular weight excluding hydrogens is 496 g/mol. The van der Waals surface area contributed by atoms with Crippen LogP contribution in [0.15, 0.2) is 48.5 Å². The van der Waals surface area contributed by atoms with Crippen LogP contribution in [-0.2, 0) is 14.4 Å². The van der Waals surface area contributed by atoms with E-state index in [1.807, 2.05) is 41.0 Å². The summed E-state index contributed by atoms with van der Waals surface area (Å²) in [6.07, 6.45) is 5.98. The van der Waals surface area contributed by atoms with E-state index in [1.54, 1.807) is 30.4 Å². The fourth-order valence-electron chi connectivity index (χ4n) is 5.34. The van der Waals surface area contributed by atoms with Gasteiger partial charge in [0.15, 0.2) is 0 Å². The molecule has 39 heavy (non-hydrogen) atoms. The zero-order valence-electron chi connectivity index (χ0n) is 22.8. The highest BCUT2D eigenvalue weighted by Gasteiger charge is 2.42. The van der Waals surface area contributed by atoms with Gasteiger partial charge in [-0.3, -0.25) is 19.2 Å². The third-order valence-corrected chi connectivity index (χ3v) is 7.37. The molecule has 2 heterocycles. The van der Waals surface area contributed by atoms with Gasteiger partial charge in [-0.25, -0.2) is 0 Å². The summed E-state index contributed by atoms with van der Waals surface area (Å²) in [4.78, 5) is 53.1. The van der Waals surface area contributed by atoms with E-state index < -0.39 is 0 Å². The van der Waals surface area contributed by atoms with Crippen LogP contribution in [0.3, 0.4) is 0 Å². The van der Waals surface area contributed by atoms with Crippen LogP contribution in [0.25, 0.3) is 6.08 Å². The van der Waals surface area contributed by atoms with Crippen molar-refractivity contribution in [1.29, 1.82) is 0 Å². The van der Waals surface area contributed by atoms with Gasteiger partial charge in [-0.15, -0.1) is 0 Å². The van der Waals surface area contributed by atoms with E-state index in [-0.39, 0.29) is 29.0 Å². The predicted octanol–water partition coefficient (Wildman–Crippen LogP) is 4.17. The van der Waals surface area contributed by atoms with Crippen LogP contribution in [0.1, 0.15) is 56.0 Å². The topological polar surface area (TPSA) is 108 Å². The minimum Gasteiger partial charge on any atom is -0.493 e. The van der Waals surface area contributed by atoms with Crippen molar-refractivity contribution < 1.29 is 23.9 Å². The van der Waals surface area contributed by atoms with Gasteiger partial charge in [-0.05, 0) is 61.9 Å². The number of ether oxygens (including phenoxy) is 1. The first-order chi connectivity index (χ1) is 18.7. The summed E-state index contributed by atoms with van der Waals surface area (Å²) in [6, 6.07) is 12.6. The Morgan fingerprint density at radius 3 is 2.21 bits per heavy atom. The van der Waals surface area contributed by atoms with E-state index in [1.165, 1.54) is 13.8 Å². The molecule has 2 N–H and O–H groups in total. The average Bonchev–Trinajstić information content (AvgIpc) is 3.32. The van der Waals surface area contributed by atoms with Gasteiger partial charge in [0.05, 0.1) is 18.0 Å². The molecule has 0 saturated carbocycles. The molecule has 4 rings (SSSR count). The Hall–Kier alpha value is -4.14. The highest BCUT2D eigenvalue weighted by molar-refractivity contribution is 6.02. The van der Waals surface area contributed by atoms with E-state index >= 15 is 0 Å². The third kappa shape index (κ3) is 6.85. The maximum atomic E-state index is 13.4. The zero-order chi connectivity index (χ0) is 28.0. The van der Waals surface area contributed by atoms with E-state index in [9.17, 15) is 19.2 Å². The number of carbonyl (C=O) groups excluding carboxylic acids is 4. The summed E-state index contributed by atoms with van der Waals surface area (Å²) in [5.74, 6) is 0.0687. The number of hydrogen-bond donors (Lipinski definition) is 2. The van der Waals surface area contributed by atoms with Crippen LogP contribution in [0, 0.1) is 5.41 Å². The van der Waals surface area contributed by atoms with Gasteiger partial charge in [0.25, 0.3) is 5.91 Å². The zero-order valence-corrected chi connectivity index (χ0v) is 22.8. The number of nitrogens with zero attached hydrogens (tertiary/aromatic N) is 2. The van der Waals surface area contributed by atoms with E-state index in [0.717, 1.165) is 30.6 Å². The van der Waals surface area contributed by atoms with Crippen LogP contribution in [0.5, 0.6) is 5.75 Å². The minimum atomic E-state index is -0.291. The maximum Gasteiger partial charge on any atom is 0.253 e. The quantitative estimate of drug-likeness (QED) is 0.521. The lowest BCUT2D eigenvalue weighted by atomic mass is 9.77. The minimum absolute atomic E-state index is 0.00564. The number of piperidine rings is 1. The first-order valence-corrected chi connectivity index (χ1v) is 13.4. The van der Waals surface area contributed by atoms with Crippen LogP contribution < -0.4 is 15.4 Å². The van der Waals surface area contributed by atoms with Crippen molar-refractivity contribution in [1.82, 2.24) is 9.80 Å². The lowest BCUT2D eigenvalue weighted by molar-refractivity contribution is -0.128. The summed E-state index contributed by atoms with van der Waals surface area (Å²) >= 11 is 0. The van der Waals surface area contributed by atoms with Gasteiger partial charge < -0.3 is 25.2 Å². The first-order valence-electron chi connectivity index (χ1n) is 13.4. The molecule has 9 nitrogen and oxygen atoms in total. The molecule has 9 heteroatoms. The molecule has 206 valence electrons. The Balaban J connectivity index is 1.36. The van der Waals surface area contributed by atoms with Crippen molar-refractivity contribution in [3.05, 3.63) is 59.7 Å². The van der Waals surface area contributed by atoms with Crippen LogP contribution in [-0.4, -0.2) is 66.2 Å². The first kappa shape index (κ1) is 27.9. The summed E-state index contributed by atoms with van der Waals surface area (Å²) in [5, 5.41) is 5.37. The van der Waals surface area contributed by atoms with Crippen molar-refractivity contribution in [3.8, 4) is 5.75 Å². The highest BCUT2D eigenvalue weighted by Crippen LogP contribution is 2.41. The molecule has 0 radical (unpaired) electrons. The van der Waals surface area contributed by atoms with Gasteiger partial charge in [0.1, 0.15) is 5.75 Å². The largest absolute Gasteiger partial charge is 0.493 e. The van der Waals surface area contributed by atoms with Crippen molar-refractivity contribution in [3.63, 3.8) is 0 Å². The van der Waals surface area contributed by atoms with Crippen LogP contribution in [0.4, 0.5) is 11.4 Å². The number of anilines is 2. The molecular formula is C30H36N4O5. The SMILES string of the molecule is CCOc1ccccc1C=CC(=O)N1CCC2(CC1)CCN(C(=O)c1ccc(NC(C)=O)c(NC(C)=O)c1)C2. The Kier molecular flexibility index (Phi) is 8.69. The number of rotatable bonds is 7. The monoisotopic (exact) mass is 532 g/mol. The normalized spacial score (nSPS) is 16.4. The van der Waals surface area contributed by atoms with Gasteiger partial charge in [-0.2, -0.15) is 0 Å². The number of hydrogen-bond acceptors (Lipinski definition) is 5. The van der Waals surface area contributed by atoms with Gasteiger partial charge >= 0.3 is 0 Å². The van der Waals surface area contributed by atoms with Crippen LogP contribution >= 0.6 is 0 Å². The Bertz CT molecular complexity index is 1280. The summed E-state index contributed by atoms with van der Waals surface area (Å²) in [5.41, 5.74) is 2.16. The number of amides is 4. The lowest BCUT2D eigenvalue weighted by Gasteiger charge is -2.39. The molecule has 0 atom stereocenters.